The average molecular weight is 606 g/mol. The van der Waals surface area contributed by atoms with Gasteiger partial charge in [-0.1, -0.05) is 6.92 Å². The first-order chi connectivity index (χ1) is 19.0. The van der Waals surface area contributed by atoms with E-state index in [2.05, 4.69) is 25.1 Å². The van der Waals surface area contributed by atoms with Crippen LogP contribution in [0.5, 0.6) is 17.4 Å². The van der Waals surface area contributed by atoms with E-state index in [1.807, 2.05) is 0 Å². The van der Waals surface area contributed by atoms with Crippen molar-refractivity contribution in [3.8, 4) is 17.4 Å². The summed E-state index contributed by atoms with van der Waals surface area (Å²) in [6.07, 6.45) is -5.50. The third-order valence-electron chi connectivity index (χ3n) is 5.62. The molecule has 0 unspecified atom stereocenters. The Balaban J connectivity index is 1.94. The maximum absolute atomic E-state index is 14.0. The standard InChI is InChI=1S/C25H28F5N5O5S/c1-6-41(37,38)16-8-7-15(32-10-16)9-33-22(36)21-14(2)23(35(34-21)24(3,4)5)40-18-12-31-11-17(39-13-19(26)27)20(18)25(28,29)30/h7-8,10-12,19H,6,9,13H2,1-5H3,(H,33,36). The minimum atomic E-state index is -5.06. The van der Waals surface area contributed by atoms with Crippen molar-refractivity contribution in [2.24, 2.45) is 0 Å². The van der Waals surface area contributed by atoms with Crippen LogP contribution in [0.15, 0.2) is 35.6 Å². The molecule has 3 rings (SSSR count). The zero-order chi connectivity index (χ0) is 30.8. The predicted octanol–water partition coefficient (Wildman–Crippen LogP) is 4.92. The Kier molecular flexibility index (Phi) is 9.25. The topological polar surface area (TPSA) is 125 Å². The number of nitrogens with one attached hydrogen (secondary N) is 1. The maximum Gasteiger partial charge on any atom is 0.423 e. The molecule has 0 aliphatic rings. The van der Waals surface area contributed by atoms with Gasteiger partial charge in [-0.2, -0.15) is 18.3 Å². The molecule has 0 bridgehead atoms. The predicted molar refractivity (Wildman–Crippen MR) is 136 cm³/mol. The summed E-state index contributed by atoms with van der Waals surface area (Å²) >= 11 is 0. The average Bonchev–Trinajstić information content (AvgIpc) is 3.22. The molecule has 10 nitrogen and oxygen atoms in total. The summed E-state index contributed by atoms with van der Waals surface area (Å²) in [5.41, 5.74) is -2.07. The first-order valence-corrected chi connectivity index (χ1v) is 13.8. The van der Waals surface area contributed by atoms with Crippen LogP contribution in [0, 0.1) is 6.92 Å². The fourth-order valence-corrected chi connectivity index (χ4v) is 4.36. The first kappa shape index (κ1) is 31.7. The van der Waals surface area contributed by atoms with Gasteiger partial charge in [-0.3, -0.25) is 14.8 Å². The van der Waals surface area contributed by atoms with E-state index in [1.54, 1.807) is 20.8 Å². The van der Waals surface area contributed by atoms with E-state index in [0.717, 1.165) is 6.20 Å². The van der Waals surface area contributed by atoms with Crippen molar-refractivity contribution < 1.29 is 44.6 Å². The number of pyridine rings is 2. The number of ether oxygens (including phenoxy) is 2. The van der Waals surface area contributed by atoms with Crippen LogP contribution >= 0.6 is 0 Å². The number of sulfone groups is 1. The van der Waals surface area contributed by atoms with E-state index in [-0.39, 0.29) is 34.3 Å². The summed E-state index contributed by atoms with van der Waals surface area (Å²) in [6, 6.07) is 2.80. The Hall–Kier alpha value is -3.82. The Bertz CT molecular complexity index is 1500. The number of hydrogen-bond donors (Lipinski definition) is 1. The number of nitrogens with zero attached hydrogens (tertiary/aromatic N) is 4. The number of halogens is 5. The normalized spacial score (nSPS) is 12.5. The summed E-state index contributed by atoms with van der Waals surface area (Å²) in [5, 5.41) is 6.86. The highest BCUT2D eigenvalue weighted by Crippen LogP contribution is 2.44. The largest absolute Gasteiger partial charge is 0.485 e. The van der Waals surface area contributed by atoms with Crippen molar-refractivity contribution in [1.29, 1.82) is 0 Å². The summed E-state index contributed by atoms with van der Waals surface area (Å²) in [5.74, 6) is -2.80. The number of alkyl halides is 5. The smallest absolute Gasteiger partial charge is 0.423 e. The zero-order valence-corrected chi connectivity index (χ0v) is 23.5. The molecule has 1 N–H and O–H groups in total. The van der Waals surface area contributed by atoms with Crippen LogP contribution in [-0.2, 0) is 28.1 Å². The van der Waals surface area contributed by atoms with Gasteiger partial charge in [0.1, 0.15) is 12.2 Å². The van der Waals surface area contributed by atoms with Gasteiger partial charge in [-0.15, -0.1) is 0 Å². The van der Waals surface area contributed by atoms with E-state index >= 15 is 0 Å². The summed E-state index contributed by atoms with van der Waals surface area (Å²) in [4.78, 5) is 20.8. The lowest BCUT2D eigenvalue weighted by molar-refractivity contribution is -0.140. The van der Waals surface area contributed by atoms with Crippen molar-refractivity contribution >= 4 is 15.7 Å². The third-order valence-corrected chi connectivity index (χ3v) is 7.34. The lowest BCUT2D eigenvalue weighted by Gasteiger charge is -2.23. The molecule has 224 valence electrons. The molecule has 0 aliphatic carbocycles. The lowest BCUT2D eigenvalue weighted by Crippen LogP contribution is -2.27. The fraction of sp³-hybridized carbons (Fsp3) is 0.440. The number of amides is 1. The van der Waals surface area contributed by atoms with Crippen molar-refractivity contribution in [2.75, 3.05) is 12.4 Å². The van der Waals surface area contributed by atoms with Crippen molar-refractivity contribution in [3.05, 3.63) is 53.2 Å². The minimum absolute atomic E-state index is 0.0352. The monoisotopic (exact) mass is 605 g/mol. The molecule has 1 amide bonds. The maximum atomic E-state index is 14.0. The lowest BCUT2D eigenvalue weighted by atomic mass is 10.1. The van der Waals surface area contributed by atoms with Gasteiger partial charge < -0.3 is 14.8 Å². The minimum Gasteiger partial charge on any atom is -0.485 e. The molecule has 0 aromatic carbocycles. The van der Waals surface area contributed by atoms with Crippen LogP contribution in [0.3, 0.4) is 0 Å². The van der Waals surface area contributed by atoms with Gasteiger partial charge in [0.25, 0.3) is 12.3 Å². The Morgan fingerprint density at radius 2 is 1.76 bits per heavy atom. The molecule has 3 heterocycles. The SMILES string of the molecule is CCS(=O)(=O)c1ccc(CNC(=O)c2nn(C(C)(C)C)c(Oc3cncc(OCC(F)F)c3C(F)(F)F)c2C)nc1. The third kappa shape index (κ3) is 7.48. The number of rotatable bonds is 10. The molecular weight excluding hydrogens is 577 g/mol. The summed E-state index contributed by atoms with van der Waals surface area (Å²) in [6.45, 7) is 6.55. The molecule has 41 heavy (non-hydrogen) atoms. The molecular formula is C25H28F5N5O5S. The first-order valence-electron chi connectivity index (χ1n) is 12.2. The highest BCUT2D eigenvalue weighted by atomic mass is 32.2. The van der Waals surface area contributed by atoms with Crippen LogP contribution in [0.25, 0.3) is 0 Å². The molecule has 0 saturated heterocycles. The molecule has 16 heteroatoms. The van der Waals surface area contributed by atoms with Gasteiger partial charge in [-0.25, -0.2) is 21.9 Å². The molecule has 0 aliphatic heterocycles. The second kappa shape index (κ2) is 12.0. The van der Waals surface area contributed by atoms with Gasteiger partial charge >= 0.3 is 6.18 Å². The van der Waals surface area contributed by atoms with Crippen LogP contribution in [0.2, 0.25) is 0 Å². The highest BCUT2D eigenvalue weighted by Gasteiger charge is 2.40. The van der Waals surface area contributed by atoms with Crippen molar-refractivity contribution in [2.45, 2.75) is 64.2 Å². The fourth-order valence-electron chi connectivity index (χ4n) is 3.54. The summed E-state index contributed by atoms with van der Waals surface area (Å²) < 4.78 is 103. The summed E-state index contributed by atoms with van der Waals surface area (Å²) in [7, 11) is -3.45. The molecule has 3 aromatic heterocycles. The number of hydrogen-bond acceptors (Lipinski definition) is 8. The molecule has 0 fully saturated rings. The van der Waals surface area contributed by atoms with Gasteiger partial charge in [-0.05, 0) is 39.8 Å². The van der Waals surface area contributed by atoms with Gasteiger partial charge in [0, 0.05) is 11.8 Å². The second-order valence-corrected chi connectivity index (χ2v) is 12.0. The molecule has 0 atom stereocenters. The number of carbonyl (C=O) groups is 1. The van der Waals surface area contributed by atoms with Gasteiger partial charge in [0.15, 0.2) is 27.0 Å². The quantitative estimate of drug-likeness (QED) is 0.323. The van der Waals surface area contributed by atoms with Crippen molar-refractivity contribution in [3.63, 3.8) is 0 Å². The molecule has 0 spiro atoms. The molecule has 0 saturated carbocycles. The van der Waals surface area contributed by atoms with E-state index < -0.39 is 57.6 Å². The number of aromatic nitrogens is 4. The zero-order valence-electron chi connectivity index (χ0n) is 22.7. The Labute approximate surface area is 232 Å². The van der Waals surface area contributed by atoms with E-state index in [1.165, 1.54) is 36.9 Å². The van der Waals surface area contributed by atoms with E-state index in [4.69, 9.17) is 4.74 Å². The molecule has 0 radical (unpaired) electrons. The van der Waals surface area contributed by atoms with Crippen LogP contribution < -0.4 is 14.8 Å². The van der Waals surface area contributed by atoms with Crippen LogP contribution in [0.1, 0.15) is 55.0 Å². The van der Waals surface area contributed by atoms with E-state index in [9.17, 15) is 35.2 Å². The van der Waals surface area contributed by atoms with Gasteiger partial charge in [0.2, 0.25) is 5.88 Å². The number of carbonyl (C=O) groups excluding carboxylic acids is 1. The molecule has 3 aromatic rings. The highest BCUT2D eigenvalue weighted by molar-refractivity contribution is 7.91. The van der Waals surface area contributed by atoms with Crippen LogP contribution in [-0.4, -0.2) is 52.9 Å². The van der Waals surface area contributed by atoms with Gasteiger partial charge in [0.05, 0.1) is 40.8 Å². The van der Waals surface area contributed by atoms with Crippen molar-refractivity contribution in [1.82, 2.24) is 25.1 Å². The Morgan fingerprint density at radius 1 is 1.10 bits per heavy atom. The Morgan fingerprint density at radius 3 is 2.29 bits per heavy atom. The van der Waals surface area contributed by atoms with Crippen LogP contribution in [0.4, 0.5) is 22.0 Å². The second-order valence-electron chi connectivity index (χ2n) is 9.75. The van der Waals surface area contributed by atoms with E-state index in [0.29, 0.717) is 11.9 Å².